The lowest BCUT2D eigenvalue weighted by molar-refractivity contribution is -0.274. The summed E-state index contributed by atoms with van der Waals surface area (Å²) in [5.41, 5.74) is -0.246. The maximum atomic E-state index is 15.9. The number of nitrogens with zero attached hydrogens (tertiary/aromatic N) is 4. The third-order valence-electron chi connectivity index (χ3n) is 5.25. The summed E-state index contributed by atoms with van der Waals surface area (Å²) in [6, 6.07) is 3.79. The molecule has 3 heterocycles. The normalized spacial score (nSPS) is 12.0. The maximum Gasteiger partial charge on any atom is 0.573 e. The molecule has 0 atom stereocenters. The van der Waals surface area contributed by atoms with Gasteiger partial charge in [0.15, 0.2) is 11.6 Å². The molecule has 226 valence electrons. The number of hydrogen-bond donors (Lipinski definition) is 1. The fraction of sp³-hybridized carbons (Fsp3) is 0.393. The molecule has 0 fully saturated rings. The molecule has 3 aromatic heterocycles. The Morgan fingerprint density at radius 1 is 0.881 bits per heavy atom. The van der Waals surface area contributed by atoms with Crippen molar-refractivity contribution in [2.24, 2.45) is 0 Å². The van der Waals surface area contributed by atoms with E-state index < -0.39 is 47.1 Å². The molecule has 3 rings (SSSR count). The van der Waals surface area contributed by atoms with Gasteiger partial charge in [-0.2, -0.15) is 4.90 Å². The lowest BCUT2D eigenvalue weighted by Gasteiger charge is -2.28. The van der Waals surface area contributed by atoms with Crippen LogP contribution >= 0.6 is 0 Å². The molecule has 14 heteroatoms. The number of ether oxygens (including phenoxy) is 3. The van der Waals surface area contributed by atoms with E-state index in [9.17, 15) is 22.8 Å². The van der Waals surface area contributed by atoms with E-state index in [0.29, 0.717) is 21.7 Å². The molecule has 0 radical (unpaired) electrons. The van der Waals surface area contributed by atoms with Crippen molar-refractivity contribution in [3.63, 3.8) is 0 Å². The highest BCUT2D eigenvalue weighted by Gasteiger charge is 2.36. The Balaban J connectivity index is 1.90. The second-order valence-corrected chi connectivity index (χ2v) is 11.1. The minimum atomic E-state index is -4.84. The van der Waals surface area contributed by atoms with Crippen molar-refractivity contribution < 1.29 is 41.4 Å². The Labute approximate surface area is 240 Å². The van der Waals surface area contributed by atoms with Gasteiger partial charge in [0.2, 0.25) is 0 Å². The summed E-state index contributed by atoms with van der Waals surface area (Å²) in [6.45, 7) is 11.3. The first kappa shape index (κ1) is 32.0. The summed E-state index contributed by atoms with van der Waals surface area (Å²) in [7, 11) is 0. The lowest BCUT2D eigenvalue weighted by atomic mass is 10.0. The van der Waals surface area contributed by atoms with E-state index in [0.717, 1.165) is 12.3 Å². The number of carbonyl (C=O) groups excluding carboxylic acids is 2. The van der Waals surface area contributed by atoms with Gasteiger partial charge in [-0.25, -0.2) is 23.9 Å². The smallest absolute Gasteiger partial charge is 0.443 e. The van der Waals surface area contributed by atoms with Crippen LogP contribution in [0.1, 0.15) is 58.2 Å². The Hall–Kier alpha value is -4.49. The molecule has 0 aliphatic carbocycles. The molecule has 0 saturated carbocycles. The number of alkyl halides is 3. The van der Waals surface area contributed by atoms with Crippen LogP contribution in [0.2, 0.25) is 0 Å². The van der Waals surface area contributed by atoms with Gasteiger partial charge in [-0.05, 0) is 83.4 Å². The van der Waals surface area contributed by atoms with Crippen LogP contribution in [0.15, 0.2) is 43.0 Å². The molecule has 3 aromatic rings. The van der Waals surface area contributed by atoms with E-state index in [1.165, 1.54) is 30.7 Å². The lowest BCUT2D eigenvalue weighted by Crippen LogP contribution is -2.44. The first-order valence-electron chi connectivity index (χ1n) is 12.6. The number of rotatable bonds is 6. The average Bonchev–Trinajstić information content (AvgIpc) is 2.82. The van der Waals surface area contributed by atoms with Gasteiger partial charge in [-0.1, -0.05) is 0 Å². The summed E-state index contributed by atoms with van der Waals surface area (Å²) >= 11 is 0. The average molecular weight is 594 g/mol. The van der Waals surface area contributed by atoms with Crippen LogP contribution in [0.5, 0.6) is 5.75 Å². The zero-order chi connectivity index (χ0) is 31.5. The first-order valence-corrected chi connectivity index (χ1v) is 12.6. The van der Waals surface area contributed by atoms with Crippen LogP contribution in [0, 0.1) is 12.7 Å². The highest BCUT2D eigenvalue weighted by Crippen LogP contribution is 2.29. The summed E-state index contributed by atoms with van der Waals surface area (Å²) < 4.78 is 67.6. The molecule has 0 unspecified atom stereocenters. The molecule has 1 N–H and O–H groups in total. The molecule has 0 aromatic carbocycles. The molecule has 0 saturated heterocycles. The van der Waals surface area contributed by atoms with Gasteiger partial charge >= 0.3 is 18.5 Å². The van der Waals surface area contributed by atoms with Gasteiger partial charge in [-0.15, -0.1) is 13.2 Å². The SMILES string of the molecule is Cc1c(Cc2ccnc(N(C(=O)OC(C)(C)C)C(=O)OC(C)(C)C)c2F)cncc1Nc1ccc(OC(F)(F)F)cn1. The highest BCUT2D eigenvalue weighted by atomic mass is 19.4. The predicted octanol–water partition coefficient (Wildman–Crippen LogP) is 7.23. The maximum absolute atomic E-state index is 15.9. The number of anilines is 3. The van der Waals surface area contributed by atoms with E-state index >= 15 is 4.39 Å². The van der Waals surface area contributed by atoms with Gasteiger partial charge in [0.1, 0.15) is 22.8 Å². The van der Waals surface area contributed by atoms with Crippen molar-refractivity contribution in [3.05, 3.63) is 65.5 Å². The van der Waals surface area contributed by atoms with Crippen molar-refractivity contribution in [3.8, 4) is 5.75 Å². The van der Waals surface area contributed by atoms with Gasteiger partial charge in [0, 0.05) is 18.8 Å². The standard InChI is InChI=1S/C28H31F4N5O5/c1-16-18(13-33-15-20(16)36-21-9-8-19(14-35-21)40-28(30,31)32)12-17-10-11-34-23(22(17)29)37(24(38)41-26(2,3)4)25(39)42-27(5,6)7/h8-11,13-15H,12H2,1-7H3,(H,35,36). The predicted molar refractivity (Wildman–Crippen MR) is 145 cm³/mol. The molecular formula is C28H31F4N5O5. The van der Waals surface area contributed by atoms with Crippen LogP contribution < -0.4 is 15.0 Å². The van der Waals surface area contributed by atoms with Crippen LogP contribution in [0.4, 0.5) is 44.5 Å². The number of carbonyl (C=O) groups is 2. The van der Waals surface area contributed by atoms with Crippen LogP contribution in [0.25, 0.3) is 0 Å². The quantitative estimate of drug-likeness (QED) is 0.296. The molecule has 10 nitrogen and oxygen atoms in total. The number of imide groups is 1. The van der Waals surface area contributed by atoms with E-state index in [1.54, 1.807) is 48.5 Å². The van der Waals surface area contributed by atoms with Gasteiger partial charge < -0.3 is 19.5 Å². The largest absolute Gasteiger partial charge is 0.573 e. The Bertz CT molecular complexity index is 1410. The molecular weight excluding hydrogens is 562 g/mol. The number of nitrogens with one attached hydrogen (secondary N) is 1. The van der Waals surface area contributed by atoms with E-state index in [1.807, 2.05) is 0 Å². The highest BCUT2D eigenvalue weighted by molar-refractivity contribution is 6.08. The monoisotopic (exact) mass is 593 g/mol. The fourth-order valence-electron chi connectivity index (χ4n) is 3.49. The van der Waals surface area contributed by atoms with Crippen molar-refractivity contribution in [1.82, 2.24) is 15.0 Å². The third-order valence-corrected chi connectivity index (χ3v) is 5.25. The third kappa shape index (κ3) is 9.01. The number of pyridine rings is 3. The minimum Gasteiger partial charge on any atom is -0.443 e. The summed E-state index contributed by atoms with van der Waals surface area (Å²) in [5, 5.41) is 2.96. The zero-order valence-corrected chi connectivity index (χ0v) is 24.1. The molecule has 42 heavy (non-hydrogen) atoms. The molecule has 2 amide bonds. The van der Waals surface area contributed by atoms with E-state index in [4.69, 9.17) is 9.47 Å². The second-order valence-electron chi connectivity index (χ2n) is 11.1. The van der Waals surface area contributed by atoms with Gasteiger partial charge in [0.25, 0.3) is 0 Å². The van der Waals surface area contributed by atoms with Gasteiger partial charge in [0.05, 0.1) is 18.1 Å². The van der Waals surface area contributed by atoms with Crippen molar-refractivity contribution in [2.45, 2.75) is 72.5 Å². The number of hydrogen-bond acceptors (Lipinski definition) is 9. The summed E-state index contributed by atoms with van der Waals surface area (Å²) in [6.07, 6.45) is -2.05. The Kier molecular flexibility index (Phi) is 9.28. The molecule has 0 spiro atoms. The van der Waals surface area contributed by atoms with Crippen molar-refractivity contribution >= 4 is 29.5 Å². The molecule has 0 aliphatic rings. The first-order chi connectivity index (χ1) is 19.3. The Morgan fingerprint density at radius 2 is 1.50 bits per heavy atom. The number of halogens is 4. The van der Waals surface area contributed by atoms with Gasteiger partial charge in [-0.3, -0.25) is 4.98 Å². The second kappa shape index (κ2) is 12.2. The zero-order valence-electron chi connectivity index (χ0n) is 24.1. The number of aromatic nitrogens is 3. The van der Waals surface area contributed by atoms with Crippen molar-refractivity contribution in [1.29, 1.82) is 0 Å². The summed E-state index contributed by atoms with van der Waals surface area (Å²) in [5.74, 6) is -1.81. The van der Waals surface area contributed by atoms with Crippen molar-refractivity contribution in [2.75, 3.05) is 10.2 Å². The minimum absolute atomic E-state index is 0.0159. The van der Waals surface area contributed by atoms with Crippen LogP contribution in [-0.4, -0.2) is 44.7 Å². The van der Waals surface area contributed by atoms with Crippen LogP contribution in [-0.2, 0) is 15.9 Å². The number of amides is 2. The fourth-order valence-corrected chi connectivity index (χ4v) is 3.49. The van der Waals surface area contributed by atoms with E-state index in [2.05, 4.69) is 25.0 Å². The topological polar surface area (TPSA) is 116 Å². The van der Waals surface area contributed by atoms with Crippen LogP contribution in [0.3, 0.4) is 0 Å². The Morgan fingerprint density at radius 3 is 2.02 bits per heavy atom. The summed E-state index contributed by atoms with van der Waals surface area (Å²) in [4.78, 5) is 38.4. The molecule has 0 bridgehead atoms. The van der Waals surface area contributed by atoms with E-state index in [-0.39, 0.29) is 17.8 Å². The molecule has 0 aliphatic heterocycles.